The fourth-order valence-electron chi connectivity index (χ4n) is 1.57. The van der Waals surface area contributed by atoms with E-state index in [0.29, 0.717) is 0 Å². The van der Waals surface area contributed by atoms with Crippen molar-refractivity contribution in [1.82, 2.24) is 5.32 Å². The van der Waals surface area contributed by atoms with Crippen molar-refractivity contribution in [2.75, 3.05) is 7.11 Å². The van der Waals surface area contributed by atoms with Gasteiger partial charge in [-0.25, -0.2) is 0 Å². The number of nitro benzene ring substituents is 1. The van der Waals surface area contributed by atoms with Gasteiger partial charge in [-0.1, -0.05) is 24.0 Å². The first-order chi connectivity index (χ1) is 9.42. The van der Waals surface area contributed by atoms with Crippen molar-refractivity contribution in [3.63, 3.8) is 0 Å². The summed E-state index contributed by atoms with van der Waals surface area (Å²) in [6, 6.07) is 2.26. The lowest BCUT2D eigenvalue weighted by molar-refractivity contribution is -0.385. The Morgan fingerprint density at radius 1 is 1.55 bits per heavy atom. The number of thiocarbonyl (C=S) groups is 1. The number of nitrogens with zero attached hydrogens (tertiary/aromatic N) is 1. The molecule has 20 heavy (non-hydrogen) atoms. The quantitative estimate of drug-likeness (QED) is 0.380. The molecule has 104 valence electrons. The summed E-state index contributed by atoms with van der Waals surface area (Å²) < 4.78 is 5.18. The summed E-state index contributed by atoms with van der Waals surface area (Å²) in [5.74, 6) is -0.685. The first-order valence-corrected chi connectivity index (χ1v) is 6.45. The first kappa shape index (κ1) is 14.3. The van der Waals surface area contributed by atoms with Crippen LogP contribution in [0.5, 0.6) is 11.5 Å². The highest BCUT2D eigenvalue weighted by molar-refractivity contribution is 8.26. The lowest BCUT2D eigenvalue weighted by Crippen LogP contribution is -2.17. The summed E-state index contributed by atoms with van der Waals surface area (Å²) in [6.07, 6.45) is 1.33. The molecule has 1 saturated heterocycles. The van der Waals surface area contributed by atoms with E-state index in [9.17, 15) is 20.0 Å². The van der Waals surface area contributed by atoms with Gasteiger partial charge in [0.2, 0.25) is 0 Å². The number of amides is 1. The number of carbonyl (C=O) groups is 1. The Morgan fingerprint density at radius 2 is 2.25 bits per heavy atom. The Balaban J connectivity index is 2.55. The van der Waals surface area contributed by atoms with E-state index in [4.69, 9.17) is 17.0 Å². The number of ether oxygens (including phenoxy) is 1. The molecule has 0 bridgehead atoms. The van der Waals surface area contributed by atoms with Gasteiger partial charge in [0.05, 0.1) is 28.6 Å². The molecule has 0 saturated carbocycles. The number of phenolic OH excluding ortho intramolecular Hbond substituents is 1. The average molecular weight is 312 g/mol. The smallest absolute Gasteiger partial charge is 0.280 e. The number of methoxy groups -OCH3 is 1. The van der Waals surface area contributed by atoms with Crippen molar-refractivity contribution in [2.24, 2.45) is 0 Å². The van der Waals surface area contributed by atoms with Gasteiger partial charge >= 0.3 is 0 Å². The SMILES string of the molecule is COc1cc(/C=C2\SC(=S)NC2=O)c([N+](=O)[O-])cc1O. The number of nitrogens with one attached hydrogen (secondary N) is 1. The summed E-state index contributed by atoms with van der Waals surface area (Å²) in [7, 11) is 1.32. The molecule has 0 spiro atoms. The Hall–Kier alpha value is -2.13. The predicted octanol–water partition coefficient (Wildman–Crippen LogP) is 1.80. The van der Waals surface area contributed by atoms with E-state index >= 15 is 0 Å². The second kappa shape index (κ2) is 5.47. The minimum atomic E-state index is -0.651. The van der Waals surface area contributed by atoms with E-state index < -0.39 is 10.8 Å². The van der Waals surface area contributed by atoms with Gasteiger partial charge in [-0.3, -0.25) is 14.9 Å². The number of aromatic hydroxyl groups is 1. The highest BCUT2D eigenvalue weighted by Gasteiger charge is 2.25. The van der Waals surface area contributed by atoms with E-state index in [1.165, 1.54) is 19.3 Å². The average Bonchev–Trinajstić information content (AvgIpc) is 2.69. The number of thioether (sulfide) groups is 1. The number of nitro groups is 1. The predicted molar refractivity (Wildman–Crippen MR) is 77.6 cm³/mol. The van der Waals surface area contributed by atoms with E-state index in [-0.39, 0.29) is 32.0 Å². The summed E-state index contributed by atoms with van der Waals surface area (Å²) >= 11 is 5.85. The zero-order valence-electron chi connectivity index (χ0n) is 10.1. The molecular formula is C11H8N2O5S2. The standard InChI is InChI=1S/C11H8N2O5S2/c1-18-8-2-5(6(13(16)17)4-7(8)14)3-9-10(15)12-11(19)20-9/h2-4,14H,1H3,(H,12,15,19)/b9-3-. The molecule has 0 unspecified atom stereocenters. The van der Waals surface area contributed by atoms with Gasteiger partial charge in [-0.15, -0.1) is 0 Å². The zero-order valence-corrected chi connectivity index (χ0v) is 11.7. The molecule has 2 rings (SSSR count). The third kappa shape index (κ3) is 2.73. The van der Waals surface area contributed by atoms with E-state index in [1.807, 2.05) is 0 Å². The Bertz CT molecular complexity index is 656. The van der Waals surface area contributed by atoms with Gasteiger partial charge in [-0.05, 0) is 12.1 Å². The van der Waals surface area contributed by atoms with Crippen molar-refractivity contribution in [3.05, 3.63) is 32.7 Å². The molecule has 2 N–H and O–H groups in total. The van der Waals surface area contributed by atoms with Gasteiger partial charge < -0.3 is 15.2 Å². The van der Waals surface area contributed by atoms with Crippen molar-refractivity contribution in [2.45, 2.75) is 0 Å². The van der Waals surface area contributed by atoms with Crippen LogP contribution >= 0.6 is 24.0 Å². The number of phenols is 1. The van der Waals surface area contributed by atoms with Crippen molar-refractivity contribution < 1.29 is 19.6 Å². The van der Waals surface area contributed by atoms with Crippen LogP contribution in [-0.2, 0) is 4.79 Å². The fraction of sp³-hybridized carbons (Fsp3) is 0.0909. The third-order valence-electron chi connectivity index (χ3n) is 2.45. The van der Waals surface area contributed by atoms with Crippen LogP contribution in [0, 0.1) is 10.1 Å². The summed E-state index contributed by atoms with van der Waals surface area (Å²) in [4.78, 5) is 22.1. The van der Waals surface area contributed by atoms with Gasteiger partial charge in [0.25, 0.3) is 11.6 Å². The molecule has 1 aliphatic heterocycles. The van der Waals surface area contributed by atoms with E-state index in [2.05, 4.69) is 5.32 Å². The van der Waals surface area contributed by atoms with Crippen molar-refractivity contribution in [3.8, 4) is 11.5 Å². The molecule has 1 heterocycles. The van der Waals surface area contributed by atoms with E-state index in [0.717, 1.165) is 17.8 Å². The molecular weight excluding hydrogens is 304 g/mol. The van der Waals surface area contributed by atoms with Gasteiger partial charge in [0.15, 0.2) is 11.5 Å². The molecule has 1 aromatic carbocycles. The normalized spacial score (nSPS) is 16.4. The number of hydrogen-bond acceptors (Lipinski definition) is 7. The molecule has 1 fully saturated rings. The number of hydrogen-bond donors (Lipinski definition) is 2. The number of rotatable bonds is 3. The lowest BCUT2D eigenvalue weighted by atomic mass is 10.1. The topological polar surface area (TPSA) is 102 Å². The monoisotopic (exact) mass is 312 g/mol. The van der Waals surface area contributed by atoms with Gasteiger partial charge in [0, 0.05) is 0 Å². The molecule has 1 aromatic rings. The summed E-state index contributed by atoms with van der Waals surface area (Å²) in [5, 5.41) is 23.0. The van der Waals surface area contributed by atoms with Crippen LogP contribution in [0.15, 0.2) is 17.0 Å². The molecule has 0 aliphatic carbocycles. The van der Waals surface area contributed by atoms with Crippen molar-refractivity contribution in [1.29, 1.82) is 0 Å². The fourth-order valence-corrected chi connectivity index (χ4v) is 2.61. The molecule has 1 amide bonds. The maximum Gasteiger partial charge on any atom is 0.280 e. The van der Waals surface area contributed by atoms with Gasteiger partial charge in [-0.2, -0.15) is 0 Å². The lowest BCUT2D eigenvalue weighted by Gasteiger charge is -2.05. The molecule has 0 aromatic heterocycles. The maximum absolute atomic E-state index is 11.6. The minimum absolute atomic E-state index is 0.0773. The highest BCUT2D eigenvalue weighted by atomic mass is 32.2. The van der Waals surface area contributed by atoms with Crippen molar-refractivity contribution >= 4 is 46.0 Å². The zero-order chi connectivity index (χ0) is 14.9. The van der Waals surface area contributed by atoms with Crippen LogP contribution < -0.4 is 10.1 Å². The summed E-state index contributed by atoms with van der Waals surface area (Å²) in [6.45, 7) is 0. The van der Waals surface area contributed by atoms with Crippen LogP contribution in [0.1, 0.15) is 5.56 Å². The number of carbonyl (C=O) groups excluding carboxylic acids is 1. The molecule has 0 atom stereocenters. The third-order valence-corrected chi connectivity index (χ3v) is 3.62. The molecule has 7 nitrogen and oxygen atoms in total. The minimum Gasteiger partial charge on any atom is -0.504 e. The first-order valence-electron chi connectivity index (χ1n) is 5.22. The second-order valence-corrected chi connectivity index (χ2v) is 5.41. The highest BCUT2D eigenvalue weighted by Crippen LogP contribution is 2.36. The largest absolute Gasteiger partial charge is 0.504 e. The van der Waals surface area contributed by atoms with E-state index in [1.54, 1.807) is 0 Å². The Labute approximate surface area is 122 Å². The van der Waals surface area contributed by atoms with Crippen LogP contribution in [0.3, 0.4) is 0 Å². The van der Waals surface area contributed by atoms with Crippen LogP contribution in [0.4, 0.5) is 5.69 Å². The molecule has 1 aliphatic rings. The van der Waals surface area contributed by atoms with Crippen LogP contribution in [0.25, 0.3) is 6.08 Å². The number of benzene rings is 1. The van der Waals surface area contributed by atoms with Gasteiger partial charge in [0.1, 0.15) is 4.32 Å². The molecule has 9 heteroatoms. The Kier molecular flexibility index (Phi) is 3.91. The van der Waals surface area contributed by atoms with Crippen LogP contribution in [-0.4, -0.2) is 27.4 Å². The maximum atomic E-state index is 11.6. The second-order valence-electron chi connectivity index (χ2n) is 3.69. The van der Waals surface area contributed by atoms with Crippen LogP contribution in [0.2, 0.25) is 0 Å². The summed E-state index contributed by atoms with van der Waals surface area (Å²) in [5.41, 5.74) is -0.186. The molecule has 0 radical (unpaired) electrons. The Morgan fingerprint density at radius 3 is 2.75 bits per heavy atom.